The van der Waals surface area contributed by atoms with E-state index in [0.29, 0.717) is 12.1 Å². The fourth-order valence-electron chi connectivity index (χ4n) is 2.27. The Labute approximate surface area is 130 Å². The molecular weight excluding hydrogens is 304 g/mol. The van der Waals surface area contributed by atoms with Gasteiger partial charge in [-0.3, -0.25) is 0 Å². The molecule has 21 heavy (non-hydrogen) atoms. The second-order valence-electron chi connectivity index (χ2n) is 5.32. The quantitative estimate of drug-likeness (QED) is 0.831. The first-order chi connectivity index (χ1) is 9.79. The lowest BCUT2D eigenvalue weighted by Gasteiger charge is -2.16. The summed E-state index contributed by atoms with van der Waals surface area (Å²) in [6.07, 6.45) is 0.670. The van der Waals surface area contributed by atoms with Gasteiger partial charge < -0.3 is 5.73 Å². The van der Waals surface area contributed by atoms with Gasteiger partial charge in [0, 0.05) is 11.7 Å². The summed E-state index contributed by atoms with van der Waals surface area (Å²) in [5.74, 6) is 0. The van der Waals surface area contributed by atoms with E-state index in [0.717, 1.165) is 16.7 Å². The largest absolute Gasteiger partial charge is 0.399 e. The monoisotopic (exact) mass is 324 g/mol. The number of aryl methyl sites for hydroxylation is 1. The molecule has 0 aliphatic heterocycles. The predicted molar refractivity (Wildman–Crippen MR) is 88.1 cm³/mol. The van der Waals surface area contributed by atoms with Crippen LogP contribution in [-0.2, 0) is 16.4 Å². The summed E-state index contributed by atoms with van der Waals surface area (Å²) in [5, 5.41) is 4.02. The van der Waals surface area contributed by atoms with Gasteiger partial charge in [-0.1, -0.05) is 0 Å². The van der Waals surface area contributed by atoms with Crippen LogP contribution in [0.4, 0.5) is 5.69 Å². The highest BCUT2D eigenvalue weighted by Gasteiger charge is 2.21. The molecule has 0 bridgehead atoms. The topological polar surface area (TPSA) is 72.2 Å². The Hall–Kier alpha value is -1.37. The highest BCUT2D eigenvalue weighted by molar-refractivity contribution is 7.89. The van der Waals surface area contributed by atoms with Gasteiger partial charge in [0.1, 0.15) is 0 Å². The average Bonchev–Trinajstić information content (AvgIpc) is 2.85. The molecule has 2 aromatic rings. The van der Waals surface area contributed by atoms with Gasteiger partial charge in [-0.15, -0.1) is 0 Å². The highest BCUT2D eigenvalue weighted by atomic mass is 32.2. The minimum atomic E-state index is -3.56. The van der Waals surface area contributed by atoms with Crippen molar-refractivity contribution in [2.45, 2.75) is 38.1 Å². The zero-order valence-corrected chi connectivity index (χ0v) is 14.0. The Kier molecular flexibility index (Phi) is 4.70. The summed E-state index contributed by atoms with van der Waals surface area (Å²) in [6.45, 7) is 5.52. The predicted octanol–water partition coefficient (Wildman–Crippen LogP) is 2.86. The van der Waals surface area contributed by atoms with Crippen LogP contribution < -0.4 is 10.5 Å². The molecule has 0 spiro atoms. The molecule has 0 aliphatic rings. The number of nitrogens with one attached hydrogen (secondary N) is 1. The highest BCUT2D eigenvalue weighted by Crippen LogP contribution is 2.22. The molecule has 1 atom stereocenters. The first-order valence-electron chi connectivity index (χ1n) is 6.69. The number of thiophene rings is 1. The van der Waals surface area contributed by atoms with Crippen molar-refractivity contribution in [3.8, 4) is 0 Å². The van der Waals surface area contributed by atoms with Gasteiger partial charge in [0.25, 0.3) is 0 Å². The molecule has 114 valence electrons. The van der Waals surface area contributed by atoms with Crippen molar-refractivity contribution in [1.82, 2.24) is 4.72 Å². The SMILES string of the molecule is Cc1cc(N)cc(S(=O)(=O)NC(C)Cc2ccsc2)c1C. The van der Waals surface area contributed by atoms with Crippen molar-refractivity contribution < 1.29 is 8.42 Å². The van der Waals surface area contributed by atoms with E-state index >= 15 is 0 Å². The average molecular weight is 324 g/mol. The minimum absolute atomic E-state index is 0.175. The van der Waals surface area contributed by atoms with E-state index in [1.54, 1.807) is 24.3 Å². The van der Waals surface area contributed by atoms with Crippen molar-refractivity contribution in [3.05, 3.63) is 45.6 Å². The van der Waals surface area contributed by atoms with Crippen LogP contribution in [0.1, 0.15) is 23.6 Å². The van der Waals surface area contributed by atoms with Crippen molar-refractivity contribution in [1.29, 1.82) is 0 Å². The third kappa shape index (κ3) is 3.84. The van der Waals surface area contributed by atoms with Crippen LogP contribution in [0.5, 0.6) is 0 Å². The molecular formula is C15H20N2O2S2. The molecule has 0 aliphatic carbocycles. The molecule has 1 heterocycles. The zero-order valence-electron chi connectivity index (χ0n) is 12.4. The minimum Gasteiger partial charge on any atom is -0.399 e. The number of anilines is 1. The summed E-state index contributed by atoms with van der Waals surface area (Å²) >= 11 is 1.61. The Morgan fingerprint density at radius 3 is 2.67 bits per heavy atom. The van der Waals surface area contributed by atoms with E-state index in [4.69, 9.17) is 5.73 Å². The van der Waals surface area contributed by atoms with Crippen LogP contribution >= 0.6 is 11.3 Å². The Morgan fingerprint density at radius 1 is 1.33 bits per heavy atom. The summed E-state index contributed by atoms with van der Waals surface area (Å²) in [5.41, 5.74) is 8.98. The maximum atomic E-state index is 12.5. The maximum Gasteiger partial charge on any atom is 0.241 e. The van der Waals surface area contributed by atoms with E-state index in [9.17, 15) is 8.42 Å². The molecule has 0 saturated heterocycles. The molecule has 1 aromatic heterocycles. The Bertz CT molecular complexity index is 722. The van der Waals surface area contributed by atoms with Gasteiger partial charge in [0.15, 0.2) is 0 Å². The lowest BCUT2D eigenvalue weighted by Crippen LogP contribution is -2.34. The van der Waals surface area contributed by atoms with Gasteiger partial charge >= 0.3 is 0 Å². The van der Waals surface area contributed by atoms with Gasteiger partial charge in [-0.05, 0) is 72.8 Å². The normalized spacial score (nSPS) is 13.3. The van der Waals surface area contributed by atoms with Gasteiger partial charge in [0.05, 0.1) is 4.90 Å². The van der Waals surface area contributed by atoms with Gasteiger partial charge in [0.2, 0.25) is 10.0 Å². The number of rotatable bonds is 5. The molecule has 6 heteroatoms. The van der Waals surface area contributed by atoms with Crippen molar-refractivity contribution >= 4 is 27.0 Å². The number of sulfonamides is 1. The fourth-order valence-corrected chi connectivity index (χ4v) is 4.54. The van der Waals surface area contributed by atoms with Crippen LogP contribution in [0.2, 0.25) is 0 Å². The first-order valence-corrected chi connectivity index (χ1v) is 9.12. The molecule has 1 aromatic carbocycles. The molecule has 3 N–H and O–H groups in total. The molecule has 2 rings (SSSR count). The second-order valence-corrected chi connectivity index (χ2v) is 7.78. The van der Waals surface area contributed by atoms with E-state index in [2.05, 4.69) is 4.72 Å². The van der Waals surface area contributed by atoms with Crippen molar-refractivity contribution in [2.75, 3.05) is 5.73 Å². The molecule has 0 amide bonds. The van der Waals surface area contributed by atoms with Crippen molar-refractivity contribution in [2.24, 2.45) is 0 Å². The van der Waals surface area contributed by atoms with E-state index < -0.39 is 10.0 Å². The van der Waals surface area contributed by atoms with Gasteiger partial charge in [-0.2, -0.15) is 11.3 Å². The smallest absolute Gasteiger partial charge is 0.241 e. The zero-order chi connectivity index (χ0) is 15.6. The number of hydrogen-bond donors (Lipinski definition) is 2. The van der Waals surface area contributed by atoms with Crippen LogP contribution in [0.3, 0.4) is 0 Å². The Morgan fingerprint density at radius 2 is 2.05 bits per heavy atom. The number of hydrogen-bond acceptors (Lipinski definition) is 4. The summed E-state index contributed by atoms with van der Waals surface area (Å²) in [6, 6.07) is 5.13. The van der Waals surface area contributed by atoms with Crippen LogP contribution in [0.15, 0.2) is 33.9 Å². The number of nitrogens with two attached hydrogens (primary N) is 1. The van der Waals surface area contributed by atoms with Crippen LogP contribution in [-0.4, -0.2) is 14.5 Å². The molecule has 1 unspecified atom stereocenters. The van der Waals surface area contributed by atoms with Crippen LogP contribution in [0, 0.1) is 13.8 Å². The Balaban J connectivity index is 2.22. The fraction of sp³-hybridized carbons (Fsp3) is 0.333. The molecule has 4 nitrogen and oxygen atoms in total. The lowest BCUT2D eigenvalue weighted by atomic mass is 10.1. The number of nitrogen functional groups attached to an aromatic ring is 1. The number of benzene rings is 1. The molecule has 0 radical (unpaired) electrons. The maximum absolute atomic E-state index is 12.5. The van der Waals surface area contributed by atoms with Crippen LogP contribution in [0.25, 0.3) is 0 Å². The third-order valence-electron chi connectivity index (χ3n) is 3.41. The molecule has 0 saturated carbocycles. The summed E-state index contributed by atoms with van der Waals surface area (Å²) in [4.78, 5) is 0.261. The first kappa shape index (κ1) is 16.0. The third-order valence-corrected chi connectivity index (χ3v) is 5.86. The summed E-state index contributed by atoms with van der Waals surface area (Å²) < 4.78 is 27.8. The lowest BCUT2D eigenvalue weighted by molar-refractivity contribution is 0.559. The van der Waals surface area contributed by atoms with E-state index in [1.165, 1.54) is 6.07 Å². The van der Waals surface area contributed by atoms with Crippen molar-refractivity contribution in [3.63, 3.8) is 0 Å². The molecule has 0 fully saturated rings. The summed E-state index contributed by atoms with van der Waals surface area (Å²) in [7, 11) is -3.56. The second kappa shape index (κ2) is 6.17. The standard InChI is InChI=1S/C15H20N2O2S2/c1-10-6-14(16)8-15(12(10)3)21(18,19)17-11(2)7-13-4-5-20-9-13/h4-6,8-9,11,17H,7,16H2,1-3H3. The van der Waals surface area contributed by atoms with Gasteiger partial charge in [-0.25, -0.2) is 13.1 Å². The van der Waals surface area contributed by atoms with E-state index in [-0.39, 0.29) is 10.9 Å². The van der Waals surface area contributed by atoms with E-state index in [1.807, 2.05) is 30.7 Å².